The summed E-state index contributed by atoms with van der Waals surface area (Å²) in [6, 6.07) is 0.265. The second kappa shape index (κ2) is 5.14. The number of nitrogens with one attached hydrogen (secondary N) is 1. The van der Waals surface area contributed by atoms with Crippen molar-refractivity contribution < 1.29 is 9.90 Å². The molecule has 0 saturated carbocycles. The summed E-state index contributed by atoms with van der Waals surface area (Å²) in [5, 5.41) is 11.4. The molecule has 0 spiro atoms. The van der Waals surface area contributed by atoms with Crippen molar-refractivity contribution in [2.45, 2.75) is 33.7 Å². The van der Waals surface area contributed by atoms with Crippen LogP contribution < -0.4 is 5.32 Å². The average molecular weight is 173 g/mol. The maximum Gasteiger partial charge on any atom is 0.317 e. The SMILES string of the molecule is CC(C)C(C)C(C)NCC(=O)O. The fourth-order valence-corrected chi connectivity index (χ4v) is 1.01. The Kier molecular flexibility index (Phi) is 4.90. The summed E-state index contributed by atoms with van der Waals surface area (Å²) >= 11 is 0. The Hall–Kier alpha value is -0.570. The molecule has 3 heteroatoms. The Morgan fingerprint density at radius 2 is 1.83 bits per heavy atom. The molecule has 0 saturated heterocycles. The zero-order valence-corrected chi connectivity index (χ0v) is 8.29. The highest BCUT2D eigenvalue weighted by Gasteiger charge is 2.15. The minimum Gasteiger partial charge on any atom is -0.480 e. The first kappa shape index (κ1) is 11.4. The number of carbonyl (C=O) groups is 1. The molecule has 0 heterocycles. The van der Waals surface area contributed by atoms with Crippen molar-refractivity contribution in [1.82, 2.24) is 5.32 Å². The van der Waals surface area contributed by atoms with E-state index in [1.165, 1.54) is 0 Å². The van der Waals surface area contributed by atoms with Gasteiger partial charge in [-0.15, -0.1) is 0 Å². The number of aliphatic carboxylic acids is 1. The quantitative estimate of drug-likeness (QED) is 0.659. The molecule has 72 valence electrons. The summed E-state index contributed by atoms with van der Waals surface area (Å²) in [4.78, 5) is 10.2. The van der Waals surface area contributed by atoms with Crippen LogP contribution in [0.3, 0.4) is 0 Å². The van der Waals surface area contributed by atoms with Gasteiger partial charge in [0.05, 0.1) is 6.54 Å². The van der Waals surface area contributed by atoms with E-state index in [9.17, 15) is 4.79 Å². The molecule has 0 aromatic rings. The number of carboxylic acid groups (broad SMARTS) is 1. The fraction of sp³-hybridized carbons (Fsp3) is 0.889. The lowest BCUT2D eigenvalue weighted by Crippen LogP contribution is -2.37. The summed E-state index contributed by atoms with van der Waals surface area (Å²) in [6.45, 7) is 8.49. The monoisotopic (exact) mass is 173 g/mol. The van der Waals surface area contributed by atoms with Crippen LogP contribution in [0, 0.1) is 11.8 Å². The van der Waals surface area contributed by atoms with E-state index < -0.39 is 5.97 Å². The van der Waals surface area contributed by atoms with Crippen molar-refractivity contribution in [3.63, 3.8) is 0 Å². The maximum atomic E-state index is 10.2. The molecule has 0 aliphatic heterocycles. The first-order valence-electron chi connectivity index (χ1n) is 4.40. The number of hydrogen-bond acceptors (Lipinski definition) is 2. The highest BCUT2D eigenvalue weighted by Crippen LogP contribution is 2.13. The van der Waals surface area contributed by atoms with Gasteiger partial charge in [0, 0.05) is 6.04 Å². The second-order valence-electron chi connectivity index (χ2n) is 3.67. The molecule has 0 aromatic carbocycles. The van der Waals surface area contributed by atoms with Crippen molar-refractivity contribution in [3.8, 4) is 0 Å². The molecule has 2 atom stereocenters. The third-order valence-corrected chi connectivity index (χ3v) is 2.42. The van der Waals surface area contributed by atoms with Gasteiger partial charge in [-0.05, 0) is 18.8 Å². The normalized spacial score (nSPS) is 16.1. The Balaban J connectivity index is 3.71. The molecule has 0 aliphatic carbocycles. The van der Waals surface area contributed by atoms with Crippen LogP contribution in [0.1, 0.15) is 27.7 Å². The van der Waals surface area contributed by atoms with Gasteiger partial charge in [-0.1, -0.05) is 20.8 Å². The van der Waals surface area contributed by atoms with Gasteiger partial charge in [0.15, 0.2) is 0 Å². The van der Waals surface area contributed by atoms with Crippen LogP contribution in [0.25, 0.3) is 0 Å². The molecule has 3 nitrogen and oxygen atoms in total. The highest BCUT2D eigenvalue weighted by atomic mass is 16.4. The lowest BCUT2D eigenvalue weighted by molar-refractivity contribution is -0.136. The molecule has 0 rings (SSSR count). The molecule has 0 bridgehead atoms. The predicted octanol–water partition coefficient (Wildman–Crippen LogP) is 1.34. The zero-order valence-electron chi connectivity index (χ0n) is 8.29. The molecule has 0 amide bonds. The molecular formula is C9H19NO2. The Bertz CT molecular complexity index is 145. The topological polar surface area (TPSA) is 49.3 Å². The highest BCUT2D eigenvalue weighted by molar-refractivity contribution is 5.69. The maximum absolute atomic E-state index is 10.2. The Morgan fingerprint density at radius 3 is 2.17 bits per heavy atom. The molecule has 12 heavy (non-hydrogen) atoms. The van der Waals surface area contributed by atoms with Gasteiger partial charge in [0.1, 0.15) is 0 Å². The van der Waals surface area contributed by atoms with E-state index in [1.54, 1.807) is 0 Å². The predicted molar refractivity (Wildman–Crippen MR) is 49.1 cm³/mol. The number of rotatable bonds is 5. The lowest BCUT2D eigenvalue weighted by atomic mass is 9.91. The molecule has 2 N–H and O–H groups in total. The fourth-order valence-electron chi connectivity index (χ4n) is 1.01. The van der Waals surface area contributed by atoms with Crippen molar-refractivity contribution in [1.29, 1.82) is 0 Å². The minimum absolute atomic E-state index is 0.0538. The average Bonchev–Trinajstić information content (AvgIpc) is 1.98. The van der Waals surface area contributed by atoms with Crippen molar-refractivity contribution in [3.05, 3.63) is 0 Å². The van der Waals surface area contributed by atoms with Gasteiger partial charge in [-0.2, -0.15) is 0 Å². The summed E-state index contributed by atoms with van der Waals surface area (Å²) in [5.41, 5.74) is 0. The number of hydrogen-bond donors (Lipinski definition) is 2. The van der Waals surface area contributed by atoms with Gasteiger partial charge in [-0.3, -0.25) is 4.79 Å². The van der Waals surface area contributed by atoms with Crippen LogP contribution in [0.2, 0.25) is 0 Å². The van der Waals surface area contributed by atoms with Crippen LogP contribution in [0.5, 0.6) is 0 Å². The van der Waals surface area contributed by atoms with Crippen LogP contribution in [-0.4, -0.2) is 23.7 Å². The van der Waals surface area contributed by atoms with E-state index in [1.807, 2.05) is 6.92 Å². The zero-order chi connectivity index (χ0) is 9.72. The van der Waals surface area contributed by atoms with Crippen LogP contribution >= 0.6 is 0 Å². The summed E-state index contributed by atoms with van der Waals surface area (Å²) in [5.74, 6) is 0.295. The van der Waals surface area contributed by atoms with E-state index in [-0.39, 0.29) is 12.6 Å². The third kappa shape index (κ3) is 4.34. The van der Waals surface area contributed by atoms with Crippen LogP contribution in [-0.2, 0) is 4.79 Å². The molecule has 0 fully saturated rings. The van der Waals surface area contributed by atoms with Gasteiger partial charge in [-0.25, -0.2) is 0 Å². The van der Waals surface area contributed by atoms with E-state index in [2.05, 4.69) is 26.1 Å². The number of carboxylic acids is 1. The Labute approximate surface area is 74.2 Å². The van der Waals surface area contributed by atoms with Crippen LogP contribution in [0.4, 0.5) is 0 Å². The van der Waals surface area contributed by atoms with Crippen molar-refractivity contribution in [2.75, 3.05) is 6.54 Å². The summed E-state index contributed by atoms with van der Waals surface area (Å²) in [7, 11) is 0. The minimum atomic E-state index is -0.794. The van der Waals surface area contributed by atoms with E-state index in [0.29, 0.717) is 11.8 Å². The van der Waals surface area contributed by atoms with E-state index in [4.69, 9.17) is 5.11 Å². The van der Waals surface area contributed by atoms with Crippen molar-refractivity contribution in [2.24, 2.45) is 11.8 Å². The first-order valence-corrected chi connectivity index (χ1v) is 4.40. The Morgan fingerprint density at radius 1 is 1.33 bits per heavy atom. The smallest absolute Gasteiger partial charge is 0.317 e. The van der Waals surface area contributed by atoms with Gasteiger partial charge in [0.2, 0.25) is 0 Å². The van der Waals surface area contributed by atoms with Crippen LogP contribution in [0.15, 0.2) is 0 Å². The van der Waals surface area contributed by atoms with Gasteiger partial charge in [0.25, 0.3) is 0 Å². The molecule has 0 aliphatic rings. The van der Waals surface area contributed by atoms with Gasteiger partial charge >= 0.3 is 5.97 Å². The van der Waals surface area contributed by atoms with Crippen molar-refractivity contribution >= 4 is 5.97 Å². The molecule has 2 unspecified atom stereocenters. The lowest BCUT2D eigenvalue weighted by Gasteiger charge is -2.23. The second-order valence-corrected chi connectivity index (χ2v) is 3.67. The first-order chi connectivity index (χ1) is 5.45. The van der Waals surface area contributed by atoms with E-state index in [0.717, 1.165) is 0 Å². The molecule has 0 radical (unpaired) electrons. The largest absolute Gasteiger partial charge is 0.480 e. The molecule has 0 aromatic heterocycles. The summed E-state index contributed by atoms with van der Waals surface area (Å²) in [6.07, 6.45) is 0. The summed E-state index contributed by atoms with van der Waals surface area (Å²) < 4.78 is 0. The third-order valence-electron chi connectivity index (χ3n) is 2.42. The standard InChI is InChI=1S/C9H19NO2/c1-6(2)7(3)8(4)10-5-9(11)12/h6-8,10H,5H2,1-4H3,(H,11,12). The van der Waals surface area contributed by atoms with E-state index >= 15 is 0 Å². The van der Waals surface area contributed by atoms with Gasteiger partial charge < -0.3 is 10.4 Å². The molecular weight excluding hydrogens is 154 g/mol.